The molecular formula is C13H18N4O2S. The van der Waals surface area contributed by atoms with Gasteiger partial charge in [-0.3, -0.25) is 9.67 Å². The van der Waals surface area contributed by atoms with Gasteiger partial charge in [-0.25, -0.2) is 13.1 Å². The summed E-state index contributed by atoms with van der Waals surface area (Å²) in [6.07, 6.45) is 1.63. The van der Waals surface area contributed by atoms with Gasteiger partial charge in [0.15, 0.2) is 0 Å². The lowest BCUT2D eigenvalue weighted by atomic mass is 10.4. The van der Waals surface area contributed by atoms with E-state index in [9.17, 15) is 8.42 Å². The van der Waals surface area contributed by atoms with Crippen molar-refractivity contribution in [2.75, 3.05) is 0 Å². The van der Waals surface area contributed by atoms with Crippen LogP contribution in [0, 0.1) is 13.8 Å². The van der Waals surface area contributed by atoms with E-state index in [0.717, 1.165) is 0 Å². The third-order valence-electron chi connectivity index (χ3n) is 3.05. The van der Waals surface area contributed by atoms with Crippen molar-refractivity contribution in [3.05, 3.63) is 41.5 Å². The van der Waals surface area contributed by atoms with E-state index >= 15 is 0 Å². The molecule has 7 heteroatoms. The van der Waals surface area contributed by atoms with Crippen molar-refractivity contribution in [2.45, 2.75) is 38.8 Å². The quantitative estimate of drug-likeness (QED) is 0.904. The van der Waals surface area contributed by atoms with Crippen molar-refractivity contribution >= 4 is 10.0 Å². The number of hydrogen-bond acceptors (Lipinski definition) is 4. The summed E-state index contributed by atoms with van der Waals surface area (Å²) in [6, 6.07) is 5.39. The lowest BCUT2D eigenvalue weighted by molar-refractivity contribution is 0.578. The molecule has 20 heavy (non-hydrogen) atoms. The molecule has 0 aliphatic carbocycles. The number of aromatic nitrogens is 3. The first-order valence-corrected chi connectivity index (χ1v) is 7.87. The average Bonchev–Trinajstić information content (AvgIpc) is 2.73. The summed E-state index contributed by atoms with van der Waals surface area (Å²) >= 11 is 0. The third-order valence-corrected chi connectivity index (χ3v) is 4.71. The molecular weight excluding hydrogens is 276 g/mol. The molecule has 0 fully saturated rings. The van der Waals surface area contributed by atoms with Crippen molar-refractivity contribution < 1.29 is 8.42 Å². The smallest absolute Gasteiger partial charge is 0.244 e. The molecule has 0 saturated carbocycles. The first-order valence-electron chi connectivity index (χ1n) is 6.39. The van der Waals surface area contributed by atoms with Crippen molar-refractivity contribution in [1.29, 1.82) is 0 Å². The Hall–Kier alpha value is -1.73. The molecule has 6 nitrogen and oxygen atoms in total. The van der Waals surface area contributed by atoms with Crippen molar-refractivity contribution in [3.63, 3.8) is 0 Å². The molecule has 0 saturated heterocycles. The van der Waals surface area contributed by atoms with Gasteiger partial charge in [-0.05, 0) is 32.9 Å². The van der Waals surface area contributed by atoms with Gasteiger partial charge in [0.2, 0.25) is 10.0 Å². The fourth-order valence-electron chi connectivity index (χ4n) is 2.12. The van der Waals surface area contributed by atoms with Gasteiger partial charge in [0.25, 0.3) is 0 Å². The fraction of sp³-hybridized carbons (Fsp3) is 0.385. The molecule has 2 heterocycles. The van der Waals surface area contributed by atoms with Crippen LogP contribution in [-0.4, -0.2) is 23.2 Å². The van der Waals surface area contributed by atoms with Gasteiger partial charge in [0, 0.05) is 12.7 Å². The molecule has 0 atom stereocenters. The first kappa shape index (κ1) is 14.7. The number of sulfonamides is 1. The van der Waals surface area contributed by atoms with Crippen LogP contribution >= 0.6 is 0 Å². The van der Waals surface area contributed by atoms with Crippen LogP contribution in [0.3, 0.4) is 0 Å². The second-order valence-electron chi connectivity index (χ2n) is 4.46. The maximum Gasteiger partial charge on any atom is 0.244 e. The van der Waals surface area contributed by atoms with Crippen LogP contribution in [0.25, 0.3) is 0 Å². The normalized spacial score (nSPS) is 11.8. The summed E-state index contributed by atoms with van der Waals surface area (Å²) in [6.45, 7) is 6.20. The molecule has 0 aromatic carbocycles. The van der Waals surface area contributed by atoms with E-state index in [1.165, 1.54) is 0 Å². The molecule has 0 spiro atoms. The highest BCUT2D eigenvalue weighted by Gasteiger charge is 2.23. The SMILES string of the molecule is CCn1nc(C)c(S(=O)(=O)NCc2ccccn2)c1C. The molecule has 2 aromatic rings. The van der Waals surface area contributed by atoms with E-state index in [0.29, 0.717) is 23.6 Å². The summed E-state index contributed by atoms with van der Waals surface area (Å²) < 4.78 is 29.0. The Morgan fingerprint density at radius 1 is 1.30 bits per heavy atom. The predicted molar refractivity (Wildman–Crippen MR) is 75.6 cm³/mol. The minimum absolute atomic E-state index is 0.166. The van der Waals surface area contributed by atoms with Crippen LogP contribution in [0.4, 0.5) is 0 Å². The van der Waals surface area contributed by atoms with Gasteiger partial charge < -0.3 is 0 Å². The van der Waals surface area contributed by atoms with E-state index < -0.39 is 10.0 Å². The summed E-state index contributed by atoms with van der Waals surface area (Å²) in [7, 11) is -3.58. The molecule has 0 unspecified atom stereocenters. The zero-order valence-corrected chi connectivity index (χ0v) is 12.6. The molecule has 0 radical (unpaired) electrons. The molecule has 2 aromatic heterocycles. The Labute approximate surface area is 118 Å². The minimum atomic E-state index is -3.58. The molecule has 0 bridgehead atoms. The van der Waals surface area contributed by atoms with Gasteiger partial charge in [0.05, 0.1) is 23.6 Å². The molecule has 2 rings (SSSR count). The monoisotopic (exact) mass is 294 g/mol. The maximum atomic E-state index is 12.4. The first-order chi connectivity index (χ1) is 9.45. The lowest BCUT2D eigenvalue weighted by Crippen LogP contribution is -2.24. The van der Waals surface area contributed by atoms with Crippen LogP contribution in [0.15, 0.2) is 29.3 Å². The topological polar surface area (TPSA) is 76.9 Å². The van der Waals surface area contributed by atoms with Crippen molar-refractivity contribution in [2.24, 2.45) is 0 Å². The fourth-order valence-corrected chi connectivity index (χ4v) is 3.53. The lowest BCUT2D eigenvalue weighted by Gasteiger charge is -2.07. The van der Waals surface area contributed by atoms with Gasteiger partial charge in [0.1, 0.15) is 4.90 Å². The van der Waals surface area contributed by atoms with Gasteiger partial charge >= 0.3 is 0 Å². The Morgan fingerprint density at radius 2 is 2.05 bits per heavy atom. The zero-order chi connectivity index (χ0) is 14.8. The van der Waals surface area contributed by atoms with E-state index in [1.807, 2.05) is 13.0 Å². The van der Waals surface area contributed by atoms with E-state index in [4.69, 9.17) is 0 Å². The number of pyridine rings is 1. The van der Waals surface area contributed by atoms with Gasteiger partial charge in [-0.15, -0.1) is 0 Å². The van der Waals surface area contributed by atoms with Crippen LogP contribution < -0.4 is 4.72 Å². The summed E-state index contributed by atoms with van der Waals surface area (Å²) in [5.41, 5.74) is 1.84. The van der Waals surface area contributed by atoms with Gasteiger partial charge in [-0.1, -0.05) is 6.07 Å². The third kappa shape index (κ3) is 2.88. The molecule has 0 aliphatic rings. The zero-order valence-electron chi connectivity index (χ0n) is 11.8. The highest BCUT2D eigenvalue weighted by Crippen LogP contribution is 2.19. The molecule has 0 amide bonds. The summed E-state index contributed by atoms with van der Waals surface area (Å²) in [5, 5.41) is 4.23. The van der Waals surface area contributed by atoms with Crippen molar-refractivity contribution in [3.8, 4) is 0 Å². The maximum absolute atomic E-state index is 12.4. The highest BCUT2D eigenvalue weighted by molar-refractivity contribution is 7.89. The number of nitrogens with zero attached hydrogens (tertiary/aromatic N) is 3. The van der Waals surface area contributed by atoms with E-state index in [-0.39, 0.29) is 11.4 Å². The summed E-state index contributed by atoms with van der Waals surface area (Å²) in [5.74, 6) is 0. The van der Waals surface area contributed by atoms with Gasteiger partial charge in [-0.2, -0.15) is 5.10 Å². The highest BCUT2D eigenvalue weighted by atomic mass is 32.2. The number of hydrogen-bond donors (Lipinski definition) is 1. The Kier molecular flexibility index (Phi) is 4.20. The van der Waals surface area contributed by atoms with Crippen LogP contribution in [0.1, 0.15) is 24.0 Å². The Morgan fingerprint density at radius 3 is 2.60 bits per heavy atom. The molecule has 1 N–H and O–H groups in total. The Bertz CT molecular complexity index is 693. The van der Waals surface area contributed by atoms with E-state index in [2.05, 4.69) is 14.8 Å². The average molecular weight is 294 g/mol. The second kappa shape index (κ2) is 5.72. The molecule has 0 aliphatic heterocycles. The second-order valence-corrected chi connectivity index (χ2v) is 6.17. The largest absolute Gasteiger partial charge is 0.268 e. The predicted octanol–water partition coefficient (Wildman–Crippen LogP) is 1.39. The standard InChI is InChI=1S/C13H18N4O2S/c1-4-17-11(3)13(10(2)16-17)20(18,19)15-9-12-7-5-6-8-14-12/h5-8,15H,4,9H2,1-3H3. The molecule has 108 valence electrons. The minimum Gasteiger partial charge on any atom is -0.268 e. The van der Waals surface area contributed by atoms with Crippen LogP contribution in [0.2, 0.25) is 0 Å². The van der Waals surface area contributed by atoms with Crippen LogP contribution in [0.5, 0.6) is 0 Å². The number of rotatable bonds is 5. The number of nitrogens with one attached hydrogen (secondary N) is 1. The Balaban J connectivity index is 2.25. The van der Waals surface area contributed by atoms with Crippen LogP contribution in [-0.2, 0) is 23.1 Å². The summed E-state index contributed by atoms with van der Waals surface area (Å²) in [4.78, 5) is 4.35. The van der Waals surface area contributed by atoms with Crippen molar-refractivity contribution in [1.82, 2.24) is 19.5 Å². The number of aryl methyl sites for hydroxylation is 2. The van der Waals surface area contributed by atoms with E-state index in [1.54, 1.807) is 36.9 Å².